The number of aromatic nitrogens is 4. The average molecular weight is 620 g/mol. The smallest absolute Gasteiger partial charge is 0.340 e. The van der Waals surface area contributed by atoms with Crippen LogP contribution in [0, 0.1) is 23.0 Å². The van der Waals surface area contributed by atoms with E-state index in [0.29, 0.717) is 16.3 Å². The van der Waals surface area contributed by atoms with Crippen molar-refractivity contribution in [1.82, 2.24) is 19.7 Å². The lowest BCUT2D eigenvalue weighted by Crippen LogP contribution is -2.42. The zero-order chi connectivity index (χ0) is 30.4. The number of carbonyl (C=O) groups is 1. The van der Waals surface area contributed by atoms with Crippen LogP contribution in [0.2, 0.25) is 0 Å². The maximum atomic E-state index is 15.6. The van der Waals surface area contributed by atoms with Crippen LogP contribution in [0.25, 0.3) is 11.3 Å². The summed E-state index contributed by atoms with van der Waals surface area (Å²) in [6.45, 7) is 1.17. The van der Waals surface area contributed by atoms with Gasteiger partial charge in [-0.25, -0.2) is 28.2 Å². The van der Waals surface area contributed by atoms with Gasteiger partial charge in [-0.05, 0) is 35.9 Å². The van der Waals surface area contributed by atoms with Crippen molar-refractivity contribution in [3.05, 3.63) is 124 Å². The summed E-state index contributed by atoms with van der Waals surface area (Å²) in [6, 6.07) is 18.9. The Bertz CT molecular complexity index is 1760. The molecular formula is C31H24ClF2N5O3S. The van der Waals surface area contributed by atoms with E-state index < -0.39 is 35.9 Å². The van der Waals surface area contributed by atoms with E-state index in [0.717, 1.165) is 23.3 Å². The molecule has 218 valence electrons. The topological polar surface area (TPSA) is 103 Å². The summed E-state index contributed by atoms with van der Waals surface area (Å²) in [5.41, 5.74) is 1.41. The molecule has 0 aliphatic rings. The largest absolute Gasteiger partial charge is 0.435 e. The van der Waals surface area contributed by atoms with Crippen LogP contribution in [0.3, 0.4) is 0 Å². The van der Waals surface area contributed by atoms with E-state index in [1.165, 1.54) is 34.7 Å². The predicted octanol–water partition coefficient (Wildman–Crippen LogP) is 6.82. The second-order valence-corrected chi connectivity index (χ2v) is 10.8. The van der Waals surface area contributed by atoms with Gasteiger partial charge in [-0.1, -0.05) is 37.3 Å². The molecule has 43 heavy (non-hydrogen) atoms. The SMILES string of the molecule is CC(c1nc(-c2ccc(C#N)cc2)cs1)C(Cn1cncn1)(OCOC(=O)c1cccc(CCl)c1)c1ccc(F)cc1F. The Kier molecular flexibility index (Phi) is 9.21. The van der Waals surface area contributed by atoms with Crippen molar-refractivity contribution in [1.29, 1.82) is 5.26 Å². The highest BCUT2D eigenvalue weighted by molar-refractivity contribution is 7.10. The number of halogens is 3. The summed E-state index contributed by atoms with van der Waals surface area (Å²) in [6.07, 6.45) is 2.77. The highest BCUT2D eigenvalue weighted by Gasteiger charge is 2.45. The van der Waals surface area contributed by atoms with Crippen molar-refractivity contribution in [2.24, 2.45) is 0 Å². The van der Waals surface area contributed by atoms with Crippen LogP contribution in [0.4, 0.5) is 8.78 Å². The fraction of sp³-hybridized carbons (Fsp3) is 0.194. The molecule has 0 aliphatic carbocycles. The standard InChI is InChI=1S/C31H24ClF2N5O3S/c1-20(29-38-28(15-43-29)23-7-5-21(14-35)6-8-23)31(16-39-18-36-17-37-39,26-10-9-25(33)12-27(26)34)42-19-41-30(40)24-4-2-3-22(11-24)13-32/h2-12,15,17-18,20H,13,16,19H2,1H3. The van der Waals surface area contributed by atoms with Crippen molar-refractivity contribution < 1.29 is 23.0 Å². The molecule has 5 aromatic rings. The van der Waals surface area contributed by atoms with E-state index in [2.05, 4.69) is 16.2 Å². The number of hydrogen-bond acceptors (Lipinski definition) is 8. The summed E-state index contributed by atoms with van der Waals surface area (Å²) >= 11 is 7.23. The number of carbonyl (C=O) groups excluding carboxylic acids is 1. The normalized spacial score (nSPS) is 13.2. The number of esters is 1. The van der Waals surface area contributed by atoms with Gasteiger partial charge in [0.25, 0.3) is 0 Å². The Morgan fingerprint density at radius 2 is 1.98 bits per heavy atom. The first kappa shape index (κ1) is 30.0. The van der Waals surface area contributed by atoms with Crippen LogP contribution >= 0.6 is 22.9 Å². The van der Waals surface area contributed by atoms with Gasteiger partial charge in [0.2, 0.25) is 0 Å². The van der Waals surface area contributed by atoms with Gasteiger partial charge < -0.3 is 9.47 Å². The minimum absolute atomic E-state index is 0.0206. The molecule has 0 saturated carbocycles. The highest BCUT2D eigenvalue weighted by atomic mass is 35.5. The molecule has 0 aliphatic heterocycles. The number of hydrogen-bond donors (Lipinski definition) is 0. The molecule has 0 fully saturated rings. The number of benzene rings is 3. The highest BCUT2D eigenvalue weighted by Crippen LogP contribution is 2.44. The number of ether oxygens (including phenoxy) is 2. The van der Waals surface area contributed by atoms with Crippen molar-refractivity contribution in [2.75, 3.05) is 6.79 Å². The molecule has 12 heteroatoms. The van der Waals surface area contributed by atoms with Crippen molar-refractivity contribution in [2.45, 2.75) is 30.9 Å². The predicted molar refractivity (Wildman–Crippen MR) is 156 cm³/mol. The third-order valence-electron chi connectivity index (χ3n) is 6.98. The molecule has 2 heterocycles. The third kappa shape index (κ3) is 6.62. The van der Waals surface area contributed by atoms with Crippen molar-refractivity contribution >= 4 is 28.9 Å². The number of rotatable bonds is 11. The van der Waals surface area contributed by atoms with Crippen LogP contribution in [0.5, 0.6) is 0 Å². The van der Waals surface area contributed by atoms with E-state index in [4.69, 9.17) is 31.3 Å². The zero-order valence-electron chi connectivity index (χ0n) is 22.8. The molecule has 8 nitrogen and oxygen atoms in total. The lowest BCUT2D eigenvalue weighted by atomic mass is 9.81. The molecule has 3 aromatic carbocycles. The summed E-state index contributed by atoms with van der Waals surface area (Å²) < 4.78 is 42.9. The van der Waals surface area contributed by atoms with E-state index in [1.54, 1.807) is 55.5 Å². The monoisotopic (exact) mass is 619 g/mol. The van der Waals surface area contributed by atoms with Crippen LogP contribution in [0.15, 0.2) is 84.8 Å². The van der Waals surface area contributed by atoms with Gasteiger partial charge in [-0.2, -0.15) is 10.4 Å². The molecule has 0 N–H and O–H groups in total. The van der Waals surface area contributed by atoms with Gasteiger partial charge in [0.1, 0.15) is 29.9 Å². The van der Waals surface area contributed by atoms with Crippen LogP contribution < -0.4 is 0 Å². The summed E-state index contributed by atoms with van der Waals surface area (Å²) in [4.78, 5) is 21.7. The van der Waals surface area contributed by atoms with Crippen LogP contribution in [-0.4, -0.2) is 32.5 Å². The molecule has 0 radical (unpaired) electrons. The van der Waals surface area contributed by atoms with Crippen molar-refractivity contribution in [3.63, 3.8) is 0 Å². The second kappa shape index (κ2) is 13.2. The minimum Gasteiger partial charge on any atom is -0.435 e. The Morgan fingerprint density at radius 3 is 2.67 bits per heavy atom. The molecule has 2 aromatic heterocycles. The molecule has 5 rings (SSSR count). The summed E-state index contributed by atoms with van der Waals surface area (Å²) in [5, 5.41) is 15.7. The van der Waals surface area contributed by atoms with Gasteiger partial charge in [0.05, 0.1) is 34.4 Å². The lowest BCUT2D eigenvalue weighted by Gasteiger charge is -2.38. The van der Waals surface area contributed by atoms with E-state index >= 15 is 4.39 Å². The Hall–Kier alpha value is -4.50. The van der Waals surface area contributed by atoms with E-state index in [9.17, 15) is 9.18 Å². The molecular weight excluding hydrogens is 596 g/mol. The Morgan fingerprint density at radius 1 is 1.16 bits per heavy atom. The number of nitrogens with zero attached hydrogens (tertiary/aromatic N) is 5. The number of thiazole rings is 1. The van der Waals surface area contributed by atoms with Gasteiger partial charge in [-0.3, -0.25) is 0 Å². The molecule has 0 spiro atoms. The maximum Gasteiger partial charge on any atom is 0.340 e. The van der Waals surface area contributed by atoms with Gasteiger partial charge in [0, 0.05) is 34.4 Å². The fourth-order valence-corrected chi connectivity index (χ4v) is 5.81. The summed E-state index contributed by atoms with van der Waals surface area (Å²) in [5.74, 6) is -2.71. The first-order valence-electron chi connectivity index (χ1n) is 13.0. The molecule has 0 bridgehead atoms. The van der Waals surface area contributed by atoms with Crippen LogP contribution in [-0.2, 0) is 27.5 Å². The molecule has 2 atom stereocenters. The zero-order valence-corrected chi connectivity index (χ0v) is 24.4. The van der Waals surface area contributed by atoms with E-state index in [-0.39, 0.29) is 23.6 Å². The fourth-order valence-electron chi connectivity index (χ4n) is 4.68. The lowest BCUT2D eigenvalue weighted by molar-refractivity contribution is -0.148. The van der Waals surface area contributed by atoms with Crippen molar-refractivity contribution in [3.8, 4) is 17.3 Å². The van der Waals surface area contributed by atoms with Crippen LogP contribution in [0.1, 0.15) is 44.9 Å². The first-order valence-corrected chi connectivity index (χ1v) is 14.4. The summed E-state index contributed by atoms with van der Waals surface area (Å²) in [7, 11) is 0. The average Bonchev–Trinajstić information content (AvgIpc) is 3.73. The van der Waals surface area contributed by atoms with Gasteiger partial charge >= 0.3 is 5.97 Å². The molecule has 0 saturated heterocycles. The minimum atomic E-state index is -1.58. The third-order valence-corrected chi connectivity index (χ3v) is 8.31. The van der Waals surface area contributed by atoms with Gasteiger partial charge in [-0.15, -0.1) is 22.9 Å². The Balaban J connectivity index is 1.53. The van der Waals surface area contributed by atoms with E-state index in [1.807, 2.05) is 5.38 Å². The number of nitriles is 1. The first-order chi connectivity index (χ1) is 20.8. The molecule has 2 unspecified atom stereocenters. The maximum absolute atomic E-state index is 15.6. The number of alkyl halides is 1. The second-order valence-electron chi connectivity index (χ2n) is 9.62. The quantitative estimate of drug-likeness (QED) is 0.0908. The van der Waals surface area contributed by atoms with Gasteiger partial charge in [0.15, 0.2) is 6.79 Å². The Labute approximate surface area is 255 Å². The molecule has 0 amide bonds.